The zero-order chi connectivity index (χ0) is 11.4. The van der Waals surface area contributed by atoms with E-state index in [4.69, 9.17) is 10.00 Å². The van der Waals surface area contributed by atoms with Crippen molar-refractivity contribution in [3.63, 3.8) is 0 Å². The SMILES string of the molecule is COc1c(C)cc(C(O)CC#N)cc1C. The van der Waals surface area contributed by atoms with Crippen molar-refractivity contribution in [3.05, 3.63) is 28.8 Å². The van der Waals surface area contributed by atoms with Gasteiger partial charge in [-0.05, 0) is 42.7 Å². The maximum atomic E-state index is 9.67. The van der Waals surface area contributed by atoms with E-state index in [-0.39, 0.29) is 6.42 Å². The van der Waals surface area contributed by atoms with E-state index in [0.29, 0.717) is 0 Å². The molecule has 0 spiro atoms. The average molecular weight is 205 g/mol. The number of aryl methyl sites for hydroxylation is 2. The molecule has 0 heterocycles. The number of rotatable bonds is 3. The van der Waals surface area contributed by atoms with E-state index in [1.807, 2.05) is 32.0 Å². The summed E-state index contributed by atoms with van der Waals surface area (Å²) in [6.45, 7) is 3.85. The summed E-state index contributed by atoms with van der Waals surface area (Å²) in [6.07, 6.45) is -0.594. The Morgan fingerprint density at radius 3 is 2.33 bits per heavy atom. The molecule has 0 aliphatic rings. The standard InChI is InChI=1S/C12H15NO2/c1-8-6-10(11(14)4-5-13)7-9(2)12(8)15-3/h6-7,11,14H,4H2,1-3H3. The van der Waals surface area contributed by atoms with Crippen molar-refractivity contribution in [2.75, 3.05) is 7.11 Å². The van der Waals surface area contributed by atoms with Crippen LogP contribution in [0.3, 0.4) is 0 Å². The smallest absolute Gasteiger partial charge is 0.124 e. The highest BCUT2D eigenvalue weighted by Gasteiger charge is 2.11. The van der Waals surface area contributed by atoms with Crippen LogP contribution in [-0.2, 0) is 0 Å². The summed E-state index contributed by atoms with van der Waals surface area (Å²) in [4.78, 5) is 0. The molecule has 15 heavy (non-hydrogen) atoms. The molecule has 1 unspecified atom stereocenters. The van der Waals surface area contributed by atoms with Crippen LogP contribution in [-0.4, -0.2) is 12.2 Å². The molecule has 80 valence electrons. The molecular formula is C12H15NO2. The second kappa shape index (κ2) is 4.81. The van der Waals surface area contributed by atoms with Crippen LogP contribution in [0, 0.1) is 25.2 Å². The Hall–Kier alpha value is -1.53. The first kappa shape index (κ1) is 11.5. The van der Waals surface area contributed by atoms with E-state index >= 15 is 0 Å². The van der Waals surface area contributed by atoms with Gasteiger partial charge in [-0.3, -0.25) is 0 Å². The van der Waals surface area contributed by atoms with Crippen molar-refractivity contribution in [1.29, 1.82) is 5.26 Å². The minimum atomic E-state index is -0.710. The summed E-state index contributed by atoms with van der Waals surface area (Å²) in [5, 5.41) is 18.2. The summed E-state index contributed by atoms with van der Waals surface area (Å²) in [6, 6.07) is 5.66. The first-order chi connectivity index (χ1) is 7.10. The summed E-state index contributed by atoms with van der Waals surface area (Å²) in [5.41, 5.74) is 2.72. The number of methoxy groups -OCH3 is 1. The number of nitriles is 1. The second-order valence-corrected chi connectivity index (χ2v) is 3.57. The number of nitrogens with zero attached hydrogens (tertiary/aromatic N) is 1. The number of hydrogen-bond acceptors (Lipinski definition) is 3. The van der Waals surface area contributed by atoms with Crippen LogP contribution in [0.4, 0.5) is 0 Å². The van der Waals surface area contributed by atoms with Crippen molar-refractivity contribution in [2.24, 2.45) is 0 Å². The molecule has 1 rings (SSSR count). The molecule has 0 aliphatic carbocycles. The molecule has 0 saturated carbocycles. The first-order valence-corrected chi connectivity index (χ1v) is 4.80. The zero-order valence-electron chi connectivity index (χ0n) is 9.24. The Labute approximate surface area is 89.9 Å². The van der Waals surface area contributed by atoms with Crippen LogP contribution < -0.4 is 4.74 Å². The molecule has 0 amide bonds. The zero-order valence-corrected chi connectivity index (χ0v) is 9.24. The molecule has 3 heteroatoms. The molecule has 1 aromatic carbocycles. The van der Waals surface area contributed by atoms with E-state index < -0.39 is 6.10 Å². The molecule has 0 fully saturated rings. The van der Waals surface area contributed by atoms with Gasteiger partial charge < -0.3 is 9.84 Å². The van der Waals surface area contributed by atoms with Gasteiger partial charge in [0.15, 0.2) is 0 Å². The predicted octanol–water partition coefficient (Wildman–Crippen LogP) is 2.26. The second-order valence-electron chi connectivity index (χ2n) is 3.57. The number of aliphatic hydroxyl groups is 1. The molecule has 0 aliphatic heterocycles. The van der Waals surface area contributed by atoms with Crippen LogP contribution in [0.25, 0.3) is 0 Å². The normalized spacial score (nSPS) is 11.9. The van der Waals surface area contributed by atoms with Gasteiger partial charge in [0.05, 0.1) is 25.7 Å². The predicted molar refractivity (Wildman–Crippen MR) is 57.7 cm³/mol. The summed E-state index contributed by atoms with van der Waals surface area (Å²) in [7, 11) is 1.63. The van der Waals surface area contributed by atoms with Gasteiger partial charge in [-0.1, -0.05) is 0 Å². The Bertz CT molecular complexity index is 370. The van der Waals surface area contributed by atoms with Gasteiger partial charge in [0.25, 0.3) is 0 Å². The van der Waals surface area contributed by atoms with Crippen molar-refractivity contribution < 1.29 is 9.84 Å². The molecule has 0 radical (unpaired) electrons. The Kier molecular flexibility index (Phi) is 3.70. The highest BCUT2D eigenvalue weighted by Crippen LogP contribution is 2.27. The van der Waals surface area contributed by atoms with E-state index in [0.717, 1.165) is 22.4 Å². The minimum absolute atomic E-state index is 0.116. The highest BCUT2D eigenvalue weighted by molar-refractivity contribution is 5.44. The van der Waals surface area contributed by atoms with Gasteiger partial charge in [-0.2, -0.15) is 5.26 Å². The van der Waals surface area contributed by atoms with Gasteiger partial charge in [0.2, 0.25) is 0 Å². The van der Waals surface area contributed by atoms with Crippen LogP contribution >= 0.6 is 0 Å². The van der Waals surface area contributed by atoms with Crippen LogP contribution in [0.15, 0.2) is 12.1 Å². The highest BCUT2D eigenvalue weighted by atomic mass is 16.5. The average Bonchev–Trinajstić information content (AvgIpc) is 2.17. The Morgan fingerprint density at radius 2 is 1.93 bits per heavy atom. The largest absolute Gasteiger partial charge is 0.496 e. The van der Waals surface area contributed by atoms with Gasteiger partial charge >= 0.3 is 0 Å². The lowest BCUT2D eigenvalue weighted by molar-refractivity contribution is 0.183. The van der Waals surface area contributed by atoms with Gasteiger partial charge in [0, 0.05) is 0 Å². The Morgan fingerprint density at radius 1 is 1.40 bits per heavy atom. The van der Waals surface area contributed by atoms with Crippen LogP contribution in [0.1, 0.15) is 29.2 Å². The van der Waals surface area contributed by atoms with Gasteiger partial charge in [-0.15, -0.1) is 0 Å². The summed E-state index contributed by atoms with van der Waals surface area (Å²) in [5.74, 6) is 0.836. The van der Waals surface area contributed by atoms with Crippen molar-refractivity contribution in [2.45, 2.75) is 26.4 Å². The summed E-state index contributed by atoms with van der Waals surface area (Å²) >= 11 is 0. The van der Waals surface area contributed by atoms with Crippen molar-refractivity contribution in [3.8, 4) is 11.8 Å². The molecular weight excluding hydrogens is 190 g/mol. The fourth-order valence-electron chi connectivity index (χ4n) is 1.70. The minimum Gasteiger partial charge on any atom is -0.496 e. The van der Waals surface area contributed by atoms with E-state index in [9.17, 15) is 5.11 Å². The number of benzene rings is 1. The number of aliphatic hydroxyl groups excluding tert-OH is 1. The van der Waals surface area contributed by atoms with E-state index in [1.54, 1.807) is 7.11 Å². The van der Waals surface area contributed by atoms with Gasteiger partial charge in [-0.25, -0.2) is 0 Å². The van der Waals surface area contributed by atoms with Crippen LogP contribution in [0.5, 0.6) is 5.75 Å². The van der Waals surface area contributed by atoms with Crippen LogP contribution in [0.2, 0.25) is 0 Å². The molecule has 0 saturated heterocycles. The topological polar surface area (TPSA) is 53.2 Å². The quantitative estimate of drug-likeness (QED) is 0.823. The Balaban J connectivity index is 3.09. The summed E-state index contributed by atoms with van der Waals surface area (Å²) < 4.78 is 5.22. The fourth-order valence-corrected chi connectivity index (χ4v) is 1.70. The van der Waals surface area contributed by atoms with Gasteiger partial charge in [0.1, 0.15) is 5.75 Å². The third-order valence-corrected chi connectivity index (χ3v) is 2.36. The maximum absolute atomic E-state index is 9.67. The lowest BCUT2D eigenvalue weighted by Gasteiger charge is -2.13. The lowest BCUT2D eigenvalue weighted by atomic mass is 10.0. The maximum Gasteiger partial charge on any atom is 0.124 e. The fraction of sp³-hybridized carbons (Fsp3) is 0.417. The molecule has 0 bridgehead atoms. The third-order valence-electron chi connectivity index (χ3n) is 2.36. The van der Waals surface area contributed by atoms with Crippen molar-refractivity contribution in [1.82, 2.24) is 0 Å². The first-order valence-electron chi connectivity index (χ1n) is 4.80. The molecule has 1 aromatic rings. The van der Waals surface area contributed by atoms with Crippen molar-refractivity contribution >= 4 is 0 Å². The number of hydrogen-bond donors (Lipinski definition) is 1. The van der Waals surface area contributed by atoms with E-state index in [1.165, 1.54) is 0 Å². The lowest BCUT2D eigenvalue weighted by Crippen LogP contribution is -1.99. The molecule has 1 N–H and O–H groups in total. The molecule has 1 atom stereocenters. The molecule has 0 aromatic heterocycles. The monoisotopic (exact) mass is 205 g/mol. The van der Waals surface area contributed by atoms with E-state index in [2.05, 4.69) is 0 Å². The molecule has 3 nitrogen and oxygen atoms in total. The number of ether oxygens (including phenoxy) is 1. The third kappa shape index (κ3) is 2.48.